The molecule has 6 heteroatoms. The van der Waals surface area contributed by atoms with Crippen molar-refractivity contribution in [2.45, 2.75) is 26.5 Å². The van der Waals surface area contributed by atoms with Gasteiger partial charge in [0.25, 0.3) is 5.91 Å². The van der Waals surface area contributed by atoms with Gasteiger partial charge in [-0.05, 0) is 61.9 Å². The first-order chi connectivity index (χ1) is 13.1. The summed E-state index contributed by atoms with van der Waals surface area (Å²) in [7, 11) is 0. The maximum Gasteiger partial charge on any atom is 0.255 e. The lowest BCUT2D eigenvalue weighted by molar-refractivity contribution is 0.102. The second kappa shape index (κ2) is 8.80. The molecule has 2 heterocycles. The number of amides is 1. The van der Waals surface area contributed by atoms with Crippen LogP contribution in [-0.4, -0.2) is 22.0 Å². The number of pyridine rings is 2. The number of carbonyl (C=O) groups is 1. The second-order valence-corrected chi connectivity index (χ2v) is 6.29. The van der Waals surface area contributed by atoms with Gasteiger partial charge in [0.15, 0.2) is 0 Å². The monoisotopic (exact) mass is 362 g/mol. The Balaban J connectivity index is 1.61. The number of anilines is 2. The topological polar surface area (TPSA) is 76.1 Å². The summed E-state index contributed by atoms with van der Waals surface area (Å²) in [6, 6.07) is 14.6. The van der Waals surface area contributed by atoms with E-state index in [1.54, 1.807) is 30.7 Å². The average molecular weight is 362 g/mol. The lowest BCUT2D eigenvalue weighted by Gasteiger charge is -2.11. The van der Waals surface area contributed by atoms with E-state index in [0.29, 0.717) is 23.6 Å². The molecule has 27 heavy (non-hydrogen) atoms. The highest BCUT2D eigenvalue weighted by atomic mass is 16.5. The first kappa shape index (κ1) is 18.4. The van der Waals surface area contributed by atoms with E-state index in [1.165, 1.54) is 0 Å². The number of nitrogens with zero attached hydrogens (tertiary/aromatic N) is 2. The SMILES string of the molecule is CC(C)Oc1ccc(NC(=O)c2ccnc(NCc3cccnc3)c2)cc1. The number of hydrogen-bond donors (Lipinski definition) is 2. The Morgan fingerprint density at radius 2 is 1.93 bits per heavy atom. The maximum absolute atomic E-state index is 12.5. The molecule has 0 aliphatic rings. The van der Waals surface area contributed by atoms with Crippen molar-refractivity contribution in [2.24, 2.45) is 0 Å². The molecule has 2 N–H and O–H groups in total. The van der Waals surface area contributed by atoms with Crippen LogP contribution in [0.4, 0.5) is 11.5 Å². The Kier molecular flexibility index (Phi) is 5.99. The number of benzene rings is 1. The molecule has 0 unspecified atom stereocenters. The van der Waals surface area contributed by atoms with E-state index in [1.807, 2.05) is 50.2 Å². The molecule has 0 radical (unpaired) electrons. The van der Waals surface area contributed by atoms with Gasteiger partial charge >= 0.3 is 0 Å². The summed E-state index contributed by atoms with van der Waals surface area (Å²) >= 11 is 0. The molecule has 0 atom stereocenters. The number of aromatic nitrogens is 2. The highest BCUT2D eigenvalue weighted by Crippen LogP contribution is 2.18. The summed E-state index contributed by atoms with van der Waals surface area (Å²) in [4.78, 5) is 20.8. The Hall–Kier alpha value is -3.41. The summed E-state index contributed by atoms with van der Waals surface area (Å²) in [6.45, 7) is 4.53. The molecule has 0 saturated carbocycles. The number of ether oxygens (including phenoxy) is 1. The Bertz CT molecular complexity index is 880. The third-order valence-electron chi connectivity index (χ3n) is 3.70. The molecule has 2 aromatic heterocycles. The number of carbonyl (C=O) groups excluding carboxylic acids is 1. The van der Waals surface area contributed by atoms with Crippen LogP contribution >= 0.6 is 0 Å². The van der Waals surface area contributed by atoms with Crippen LogP contribution in [0.25, 0.3) is 0 Å². The van der Waals surface area contributed by atoms with Crippen molar-refractivity contribution < 1.29 is 9.53 Å². The van der Waals surface area contributed by atoms with Gasteiger partial charge in [-0.25, -0.2) is 4.98 Å². The van der Waals surface area contributed by atoms with Crippen molar-refractivity contribution >= 4 is 17.4 Å². The van der Waals surface area contributed by atoms with Crippen molar-refractivity contribution in [1.29, 1.82) is 0 Å². The van der Waals surface area contributed by atoms with Crippen LogP contribution in [0.3, 0.4) is 0 Å². The quantitative estimate of drug-likeness (QED) is 0.661. The van der Waals surface area contributed by atoms with Crippen molar-refractivity contribution in [2.75, 3.05) is 10.6 Å². The van der Waals surface area contributed by atoms with Crippen LogP contribution < -0.4 is 15.4 Å². The third kappa shape index (κ3) is 5.54. The van der Waals surface area contributed by atoms with Crippen molar-refractivity contribution in [3.05, 3.63) is 78.2 Å². The van der Waals surface area contributed by atoms with Gasteiger partial charge in [-0.2, -0.15) is 0 Å². The van der Waals surface area contributed by atoms with E-state index in [2.05, 4.69) is 20.6 Å². The van der Waals surface area contributed by atoms with Crippen LogP contribution in [0.15, 0.2) is 67.1 Å². The first-order valence-electron chi connectivity index (χ1n) is 8.77. The molecule has 3 aromatic rings. The van der Waals surface area contributed by atoms with Gasteiger partial charge < -0.3 is 15.4 Å². The third-order valence-corrected chi connectivity index (χ3v) is 3.70. The second-order valence-electron chi connectivity index (χ2n) is 6.29. The predicted octanol–water partition coefficient (Wildman–Crippen LogP) is 4.13. The molecular weight excluding hydrogens is 340 g/mol. The number of rotatable bonds is 7. The normalized spacial score (nSPS) is 10.5. The van der Waals surface area contributed by atoms with Crippen molar-refractivity contribution in [3.8, 4) is 5.75 Å². The molecule has 138 valence electrons. The fraction of sp³-hybridized carbons (Fsp3) is 0.190. The molecule has 0 aliphatic carbocycles. The summed E-state index contributed by atoms with van der Waals surface area (Å²) in [5.74, 6) is 1.21. The minimum absolute atomic E-state index is 0.111. The van der Waals surface area contributed by atoms with Gasteiger partial charge in [0.05, 0.1) is 6.10 Å². The van der Waals surface area contributed by atoms with Crippen LogP contribution in [0.2, 0.25) is 0 Å². The van der Waals surface area contributed by atoms with E-state index in [0.717, 1.165) is 11.3 Å². The van der Waals surface area contributed by atoms with Crippen molar-refractivity contribution in [1.82, 2.24) is 9.97 Å². The smallest absolute Gasteiger partial charge is 0.255 e. The average Bonchev–Trinajstić information content (AvgIpc) is 2.68. The molecule has 0 aliphatic heterocycles. The van der Waals surface area contributed by atoms with Gasteiger partial charge in [-0.1, -0.05) is 6.07 Å². The zero-order valence-corrected chi connectivity index (χ0v) is 15.3. The minimum Gasteiger partial charge on any atom is -0.491 e. The lowest BCUT2D eigenvalue weighted by atomic mass is 10.2. The van der Waals surface area contributed by atoms with Crippen LogP contribution in [0, 0.1) is 0 Å². The molecule has 0 spiro atoms. The van der Waals surface area contributed by atoms with E-state index in [9.17, 15) is 4.79 Å². The van der Waals surface area contributed by atoms with Gasteiger partial charge in [-0.3, -0.25) is 9.78 Å². The fourth-order valence-electron chi connectivity index (χ4n) is 2.46. The molecule has 3 rings (SSSR count). The zero-order chi connectivity index (χ0) is 19.1. The standard InChI is InChI=1S/C21H22N4O2/c1-15(2)27-19-7-5-18(6-8-19)25-21(26)17-9-11-23-20(12-17)24-14-16-4-3-10-22-13-16/h3-13,15H,14H2,1-2H3,(H,23,24)(H,25,26). The lowest BCUT2D eigenvalue weighted by Crippen LogP contribution is -2.13. The molecule has 0 bridgehead atoms. The predicted molar refractivity (Wildman–Crippen MR) is 106 cm³/mol. The summed E-state index contributed by atoms with van der Waals surface area (Å²) in [6.07, 6.45) is 5.24. The molecular formula is C21H22N4O2. The maximum atomic E-state index is 12.5. The summed E-state index contributed by atoms with van der Waals surface area (Å²) in [5.41, 5.74) is 2.27. The summed E-state index contributed by atoms with van der Waals surface area (Å²) in [5, 5.41) is 6.08. The molecule has 1 aromatic carbocycles. The van der Waals surface area contributed by atoms with E-state index >= 15 is 0 Å². The molecule has 0 fully saturated rings. The van der Waals surface area contributed by atoms with Crippen molar-refractivity contribution in [3.63, 3.8) is 0 Å². The van der Waals surface area contributed by atoms with Gasteiger partial charge in [0.1, 0.15) is 11.6 Å². The Morgan fingerprint density at radius 3 is 2.63 bits per heavy atom. The van der Waals surface area contributed by atoms with Gasteiger partial charge in [-0.15, -0.1) is 0 Å². The van der Waals surface area contributed by atoms with E-state index in [-0.39, 0.29) is 12.0 Å². The number of nitrogens with one attached hydrogen (secondary N) is 2. The van der Waals surface area contributed by atoms with Crippen LogP contribution in [0.1, 0.15) is 29.8 Å². The Labute approximate surface area is 158 Å². The minimum atomic E-state index is -0.195. The van der Waals surface area contributed by atoms with Gasteiger partial charge in [0.2, 0.25) is 0 Å². The largest absolute Gasteiger partial charge is 0.491 e. The first-order valence-corrected chi connectivity index (χ1v) is 8.77. The highest BCUT2D eigenvalue weighted by molar-refractivity contribution is 6.04. The van der Waals surface area contributed by atoms with E-state index < -0.39 is 0 Å². The molecule has 0 saturated heterocycles. The van der Waals surface area contributed by atoms with Crippen LogP contribution in [0.5, 0.6) is 5.75 Å². The molecule has 1 amide bonds. The fourth-order valence-corrected chi connectivity index (χ4v) is 2.46. The highest BCUT2D eigenvalue weighted by Gasteiger charge is 2.08. The zero-order valence-electron chi connectivity index (χ0n) is 15.3. The molecule has 6 nitrogen and oxygen atoms in total. The summed E-state index contributed by atoms with van der Waals surface area (Å²) < 4.78 is 5.60. The van der Waals surface area contributed by atoms with Crippen LogP contribution in [-0.2, 0) is 6.54 Å². The van der Waals surface area contributed by atoms with E-state index in [4.69, 9.17) is 4.74 Å². The van der Waals surface area contributed by atoms with Gasteiger partial charge in [0, 0.05) is 36.4 Å². The Morgan fingerprint density at radius 1 is 1.11 bits per heavy atom. The number of hydrogen-bond acceptors (Lipinski definition) is 5.